The van der Waals surface area contributed by atoms with Gasteiger partial charge in [-0.15, -0.1) is 5.10 Å². The van der Waals surface area contributed by atoms with Crippen molar-refractivity contribution in [2.24, 2.45) is 0 Å². The predicted molar refractivity (Wildman–Crippen MR) is 138 cm³/mol. The lowest BCUT2D eigenvalue weighted by Gasteiger charge is -2.40. The smallest absolute Gasteiger partial charge is 0.123 e. The molecule has 2 aliphatic carbocycles. The van der Waals surface area contributed by atoms with E-state index in [2.05, 4.69) is 38.9 Å². The van der Waals surface area contributed by atoms with Crippen LogP contribution in [-0.2, 0) is 0 Å². The van der Waals surface area contributed by atoms with Crippen LogP contribution in [0.25, 0.3) is 10.9 Å². The Balaban J connectivity index is 1.47. The second-order valence-electron chi connectivity index (χ2n) is 9.87. The molecule has 0 radical (unpaired) electrons. The summed E-state index contributed by atoms with van der Waals surface area (Å²) < 4.78 is 25.0. The average Bonchev–Trinajstić information content (AvgIpc) is 3.59. The van der Waals surface area contributed by atoms with Gasteiger partial charge in [0.15, 0.2) is 0 Å². The third kappa shape index (κ3) is 4.24. The third-order valence-corrected chi connectivity index (χ3v) is 7.31. The lowest BCUT2D eigenvalue weighted by Crippen LogP contribution is -2.41. The molecule has 7 nitrogen and oxygen atoms in total. The zero-order valence-corrected chi connectivity index (χ0v) is 20.5. The molecule has 9 heteroatoms. The minimum absolute atomic E-state index is 0.107. The number of halogens is 2. The van der Waals surface area contributed by atoms with E-state index in [9.17, 15) is 11.0 Å². The van der Waals surface area contributed by atoms with Crippen LogP contribution in [0.3, 0.4) is 0 Å². The van der Waals surface area contributed by atoms with Gasteiger partial charge in [-0.2, -0.15) is 5.26 Å². The summed E-state index contributed by atoms with van der Waals surface area (Å²) in [6, 6.07) is 10.3. The zero-order chi connectivity index (χ0) is 25.8. The molecule has 0 amide bonds. The van der Waals surface area contributed by atoms with Crippen LogP contribution in [0.5, 0.6) is 0 Å². The molecule has 4 aromatic rings. The molecule has 2 fully saturated rings. The van der Waals surface area contributed by atoms with Crippen LogP contribution in [0.15, 0.2) is 48.8 Å². The molecule has 182 valence electrons. The van der Waals surface area contributed by atoms with E-state index in [0.717, 1.165) is 32.1 Å². The lowest BCUT2D eigenvalue weighted by atomic mass is 9.78. The van der Waals surface area contributed by atoms with Crippen LogP contribution in [-0.4, -0.2) is 25.5 Å². The van der Waals surface area contributed by atoms with Gasteiger partial charge >= 0.3 is 0 Å². The Morgan fingerprint density at radius 2 is 2.06 bits per heavy atom. The summed E-state index contributed by atoms with van der Waals surface area (Å²) in [5.41, 5.74) is 2.98. The molecule has 36 heavy (non-hydrogen) atoms. The SMILES string of the molecule is [2H][C@](Nc1cc(Cl)c2ncc(C#N)c(NC3(C)CCC3)c2c1)(c1ccc(F)cc1)c1cn(C2CC2)nn1. The fourth-order valence-corrected chi connectivity index (χ4v) is 4.91. The Kier molecular flexibility index (Phi) is 5.24. The van der Waals surface area contributed by atoms with E-state index in [1.165, 1.54) is 18.3 Å². The maximum Gasteiger partial charge on any atom is 0.123 e. The van der Waals surface area contributed by atoms with Crippen molar-refractivity contribution >= 4 is 33.9 Å². The van der Waals surface area contributed by atoms with Crippen molar-refractivity contribution in [3.63, 3.8) is 0 Å². The number of rotatable bonds is 7. The number of hydrogen-bond donors (Lipinski definition) is 2. The van der Waals surface area contributed by atoms with E-state index in [0.29, 0.717) is 50.2 Å². The second-order valence-corrected chi connectivity index (χ2v) is 10.3. The summed E-state index contributed by atoms with van der Waals surface area (Å²) in [6.45, 7) is 2.14. The average molecular weight is 503 g/mol. The molecule has 0 unspecified atom stereocenters. The predicted octanol–water partition coefficient (Wildman–Crippen LogP) is 6.38. The molecular weight excluding hydrogens is 477 g/mol. The highest BCUT2D eigenvalue weighted by Crippen LogP contribution is 2.41. The van der Waals surface area contributed by atoms with Crippen LogP contribution in [0.2, 0.25) is 5.02 Å². The van der Waals surface area contributed by atoms with E-state index >= 15 is 0 Å². The van der Waals surface area contributed by atoms with Gasteiger partial charge in [-0.1, -0.05) is 28.9 Å². The summed E-state index contributed by atoms with van der Waals surface area (Å²) >= 11 is 6.69. The standard InChI is InChI=1S/C27H25ClFN7/c1-27(9-2-10-27)33-24-17(13-30)14-31-26-21(24)11-19(12-22(26)28)32-25(16-3-5-18(29)6-4-16)23-15-36(35-34-23)20-7-8-20/h3-6,11-12,14-15,20,25,32H,2,7-10H2,1H3,(H,31,33)/t25-/m0/s1/i25D. The topological polar surface area (TPSA) is 91.5 Å². The number of nitrogens with zero attached hydrogens (tertiary/aromatic N) is 5. The molecule has 6 rings (SSSR count). The quantitative estimate of drug-likeness (QED) is 0.304. The number of aromatic nitrogens is 4. The molecule has 2 saturated carbocycles. The zero-order valence-electron chi connectivity index (χ0n) is 20.7. The highest BCUT2D eigenvalue weighted by atomic mass is 35.5. The third-order valence-electron chi connectivity index (χ3n) is 7.02. The lowest BCUT2D eigenvalue weighted by molar-refractivity contribution is 0.307. The number of fused-ring (bicyclic) bond motifs is 1. The molecule has 1 atom stereocenters. The van der Waals surface area contributed by atoms with E-state index < -0.39 is 11.8 Å². The first-order chi connectivity index (χ1) is 17.8. The highest BCUT2D eigenvalue weighted by molar-refractivity contribution is 6.35. The van der Waals surface area contributed by atoms with E-state index in [1.54, 1.807) is 29.1 Å². The van der Waals surface area contributed by atoms with Gasteiger partial charge in [-0.25, -0.2) is 9.07 Å². The number of pyridine rings is 1. The van der Waals surface area contributed by atoms with Gasteiger partial charge in [0.05, 0.1) is 41.4 Å². The fraction of sp³-hybridized carbons (Fsp3) is 0.333. The first-order valence-electron chi connectivity index (χ1n) is 12.6. The largest absolute Gasteiger partial charge is 0.378 e. The van der Waals surface area contributed by atoms with Crippen LogP contribution in [0.1, 0.15) is 69.3 Å². The van der Waals surface area contributed by atoms with E-state index in [4.69, 9.17) is 11.6 Å². The van der Waals surface area contributed by atoms with Gasteiger partial charge in [-0.05, 0) is 68.9 Å². The van der Waals surface area contributed by atoms with Gasteiger partial charge in [0.1, 0.15) is 17.6 Å². The molecular formula is C27H25ClFN7. The minimum atomic E-state index is -1.58. The maximum absolute atomic E-state index is 13.8. The van der Waals surface area contributed by atoms with Gasteiger partial charge in [0.2, 0.25) is 0 Å². The molecule has 2 aromatic carbocycles. The van der Waals surface area contributed by atoms with Crippen molar-refractivity contribution in [2.75, 3.05) is 10.6 Å². The van der Waals surface area contributed by atoms with Gasteiger partial charge < -0.3 is 10.6 Å². The summed E-state index contributed by atoms with van der Waals surface area (Å²) in [6.07, 6.45) is 8.50. The van der Waals surface area contributed by atoms with Crippen molar-refractivity contribution in [1.29, 1.82) is 5.26 Å². The van der Waals surface area contributed by atoms with Crippen LogP contribution in [0.4, 0.5) is 15.8 Å². The van der Waals surface area contributed by atoms with Gasteiger partial charge in [-0.3, -0.25) is 4.98 Å². The first kappa shape index (κ1) is 21.6. The maximum atomic E-state index is 13.8. The molecule has 0 spiro atoms. The number of anilines is 2. The monoisotopic (exact) mass is 502 g/mol. The van der Waals surface area contributed by atoms with Crippen LogP contribution >= 0.6 is 11.6 Å². The van der Waals surface area contributed by atoms with Gasteiger partial charge in [0, 0.05) is 22.8 Å². The molecule has 2 aromatic heterocycles. The van der Waals surface area contributed by atoms with Crippen LogP contribution < -0.4 is 10.6 Å². The van der Waals surface area contributed by atoms with E-state index in [1.807, 2.05) is 6.07 Å². The molecule has 2 heterocycles. The molecule has 2 N–H and O–H groups in total. The minimum Gasteiger partial charge on any atom is -0.378 e. The number of nitriles is 1. The molecule has 0 saturated heterocycles. The second kappa shape index (κ2) is 8.75. The van der Waals surface area contributed by atoms with Crippen molar-refractivity contribution in [3.05, 3.63) is 76.5 Å². The Bertz CT molecular complexity index is 1540. The fourth-order valence-electron chi connectivity index (χ4n) is 4.64. The molecule has 2 aliphatic rings. The van der Waals surface area contributed by atoms with E-state index in [-0.39, 0.29) is 5.54 Å². The number of hydrogen-bond acceptors (Lipinski definition) is 6. The first-order valence-corrected chi connectivity index (χ1v) is 12.4. The summed E-state index contributed by atoms with van der Waals surface area (Å²) in [4.78, 5) is 4.44. The molecule has 0 aliphatic heterocycles. The molecule has 0 bridgehead atoms. The highest BCUT2D eigenvalue weighted by Gasteiger charge is 2.33. The van der Waals surface area contributed by atoms with Crippen molar-refractivity contribution in [3.8, 4) is 6.07 Å². The Morgan fingerprint density at radius 1 is 1.28 bits per heavy atom. The summed E-state index contributed by atoms with van der Waals surface area (Å²) in [5.74, 6) is -0.392. The van der Waals surface area contributed by atoms with Crippen molar-refractivity contribution < 1.29 is 5.76 Å². The summed E-state index contributed by atoms with van der Waals surface area (Å²) in [7, 11) is 0. The normalized spacial score (nSPS) is 18.6. The Morgan fingerprint density at radius 3 is 2.72 bits per heavy atom. The van der Waals surface area contributed by atoms with Crippen molar-refractivity contribution in [2.45, 2.75) is 56.6 Å². The summed E-state index contributed by atoms with van der Waals surface area (Å²) in [5, 5.41) is 26.3. The number of nitrogens with one attached hydrogen (secondary N) is 2. The number of benzene rings is 2. The van der Waals surface area contributed by atoms with Gasteiger partial charge in [0.25, 0.3) is 0 Å². The van der Waals surface area contributed by atoms with Crippen molar-refractivity contribution in [1.82, 2.24) is 20.0 Å². The van der Waals surface area contributed by atoms with Crippen LogP contribution in [0, 0.1) is 17.1 Å². The Labute approximate surface area is 214 Å². The Hall–Kier alpha value is -3.70.